The summed E-state index contributed by atoms with van der Waals surface area (Å²) in [5.74, 6) is 0. The second kappa shape index (κ2) is 4.31. The lowest BCUT2D eigenvalue weighted by Gasteiger charge is -2.04. The van der Waals surface area contributed by atoms with Gasteiger partial charge in [-0.1, -0.05) is 48.0 Å². The van der Waals surface area contributed by atoms with Gasteiger partial charge >= 0.3 is 5.63 Å². The van der Waals surface area contributed by atoms with Crippen molar-refractivity contribution in [2.75, 3.05) is 0 Å². The fourth-order valence-corrected chi connectivity index (χ4v) is 2.17. The van der Waals surface area contributed by atoms with E-state index in [0.717, 1.165) is 5.39 Å². The molecule has 18 heavy (non-hydrogen) atoms. The molecule has 0 radical (unpaired) electrons. The van der Waals surface area contributed by atoms with E-state index in [1.165, 1.54) is 0 Å². The summed E-state index contributed by atoms with van der Waals surface area (Å²) >= 11 is 6.10. The Labute approximate surface area is 108 Å². The third-order valence-corrected chi connectivity index (χ3v) is 3.14. The van der Waals surface area contributed by atoms with Crippen LogP contribution in [-0.4, -0.2) is 0 Å². The maximum absolute atomic E-state index is 12.0. The highest BCUT2D eigenvalue weighted by atomic mass is 35.5. The highest BCUT2D eigenvalue weighted by molar-refractivity contribution is 6.33. The van der Waals surface area contributed by atoms with Crippen LogP contribution in [0, 0.1) is 0 Å². The van der Waals surface area contributed by atoms with Gasteiger partial charge in [0.05, 0.1) is 5.56 Å². The van der Waals surface area contributed by atoms with Crippen molar-refractivity contribution in [3.8, 4) is 11.1 Å². The minimum Gasteiger partial charge on any atom is -0.422 e. The van der Waals surface area contributed by atoms with Crippen LogP contribution in [0.5, 0.6) is 0 Å². The molecule has 0 aliphatic carbocycles. The van der Waals surface area contributed by atoms with Gasteiger partial charge < -0.3 is 4.42 Å². The molecule has 2 aromatic carbocycles. The van der Waals surface area contributed by atoms with E-state index in [2.05, 4.69) is 0 Å². The van der Waals surface area contributed by atoms with Gasteiger partial charge in [0.1, 0.15) is 5.58 Å². The van der Waals surface area contributed by atoms with Crippen LogP contribution in [-0.2, 0) is 0 Å². The topological polar surface area (TPSA) is 30.2 Å². The van der Waals surface area contributed by atoms with Gasteiger partial charge in [0.15, 0.2) is 0 Å². The minimum absolute atomic E-state index is 0.373. The van der Waals surface area contributed by atoms with Crippen molar-refractivity contribution in [3.63, 3.8) is 0 Å². The summed E-state index contributed by atoms with van der Waals surface area (Å²) in [7, 11) is 0. The van der Waals surface area contributed by atoms with Crippen molar-refractivity contribution < 1.29 is 4.42 Å². The van der Waals surface area contributed by atoms with Gasteiger partial charge in [0.2, 0.25) is 0 Å². The molecule has 0 N–H and O–H groups in total. The molecule has 0 atom stereocenters. The van der Waals surface area contributed by atoms with Crippen molar-refractivity contribution in [1.29, 1.82) is 0 Å². The zero-order chi connectivity index (χ0) is 12.5. The molecule has 88 valence electrons. The molecule has 0 aliphatic rings. The molecular formula is C15H9ClO2. The van der Waals surface area contributed by atoms with Gasteiger partial charge in [-0.05, 0) is 18.2 Å². The lowest BCUT2D eigenvalue weighted by molar-refractivity contribution is 0.563. The molecule has 0 fully saturated rings. The van der Waals surface area contributed by atoms with Crippen molar-refractivity contribution in [1.82, 2.24) is 0 Å². The standard InChI is InChI=1S/C15H9ClO2/c16-13-7-3-2-6-11(13)12-9-10-5-1-4-8-14(10)18-15(12)17/h1-9H. The summed E-state index contributed by atoms with van der Waals surface area (Å²) < 4.78 is 5.29. The van der Waals surface area contributed by atoms with Gasteiger partial charge in [0.25, 0.3) is 0 Å². The third kappa shape index (κ3) is 1.81. The molecule has 2 nitrogen and oxygen atoms in total. The smallest absolute Gasteiger partial charge is 0.344 e. The summed E-state index contributed by atoms with van der Waals surface area (Å²) in [6.07, 6.45) is 0. The van der Waals surface area contributed by atoms with E-state index in [1.54, 1.807) is 12.1 Å². The number of para-hydroxylation sites is 1. The average molecular weight is 257 g/mol. The van der Waals surface area contributed by atoms with Crippen molar-refractivity contribution in [2.45, 2.75) is 0 Å². The maximum atomic E-state index is 12.0. The molecule has 0 bridgehead atoms. The molecule has 1 aromatic heterocycles. The molecule has 3 heteroatoms. The second-order valence-electron chi connectivity index (χ2n) is 3.97. The van der Waals surface area contributed by atoms with Crippen molar-refractivity contribution in [2.24, 2.45) is 0 Å². The van der Waals surface area contributed by atoms with E-state index < -0.39 is 0 Å². The zero-order valence-corrected chi connectivity index (χ0v) is 10.1. The highest BCUT2D eigenvalue weighted by Gasteiger charge is 2.09. The summed E-state index contributed by atoms with van der Waals surface area (Å²) in [5, 5.41) is 1.42. The Morgan fingerprint density at radius 3 is 2.44 bits per heavy atom. The largest absolute Gasteiger partial charge is 0.422 e. The molecule has 0 amide bonds. The number of hydrogen-bond donors (Lipinski definition) is 0. The Balaban J connectivity index is 2.33. The van der Waals surface area contributed by atoms with E-state index in [0.29, 0.717) is 21.7 Å². The molecule has 0 saturated carbocycles. The number of benzene rings is 2. The van der Waals surface area contributed by atoms with Gasteiger partial charge in [-0.25, -0.2) is 4.79 Å². The first-order valence-electron chi connectivity index (χ1n) is 5.53. The monoisotopic (exact) mass is 256 g/mol. The van der Waals surface area contributed by atoms with Gasteiger partial charge in [-0.3, -0.25) is 0 Å². The van der Waals surface area contributed by atoms with Crippen LogP contribution in [0.2, 0.25) is 5.02 Å². The van der Waals surface area contributed by atoms with Crippen molar-refractivity contribution in [3.05, 3.63) is 70.0 Å². The minimum atomic E-state index is -0.373. The zero-order valence-electron chi connectivity index (χ0n) is 9.39. The second-order valence-corrected chi connectivity index (χ2v) is 4.37. The number of rotatable bonds is 1. The Morgan fingerprint density at radius 1 is 0.889 bits per heavy atom. The first-order valence-corrected chi connectivity index (χ1v) is 5.91. The average Bonchev–Trinajstić information content (AvgIpc) is 2.39. The quantitative estimate of drug-likeness (QED) is 0.613. The number of fused-ring (bicyclic) bond motifs is 1. The summed E-state index contributed by atoms with van der Waals surface area (Å²) in [6, 6.07) is 16.5. The summed E-state index contributed by atoms with van der Waals surface area (Å²) in [4.78, 5) is 12.0. The van der Waals surface area contributed by atoms with Crippen LogP contribution in [0.3, 0.4) is 0 Å². The molecule has 3 aromatic rings. The van der Waals surface area contributed by atoms with Crippen LogP contribution in [0.25, 0.3) is 22.1 Å². The predicted octanol–water partition coefficient (Wildman–Crippen LogP) is 4.11. The van der Waals surface area contributed by atoms with Crippen LogP contribution in [0.1, 0.15) is 0 Å². The molecule has 0 unspecified atom stereocenters. The first-order chi connectivity index (χ1) is 8.75. The van der Waals surface area contributed by atoms with Crippen LogP contribution < -0.4 is 5.63 Å². The lowest BCUT2D eigenvalue weighted by Crippen LogP contribution is -2.02. The highest BCUT2D eigenvalue weighted by Crippen LogP contribution is 2.27. The van der Waals surface area contributed by atoms with E-state index in [9.17, 15) is 4.79 Å². The Hall–Kier alpha value is -2.06. The number of hydrogen-bond acceptors (Lipinski definition) is 2. The fourth-order valence-electron chi connectivity index (χ4n) is 1.93. The van der Waals surface area contributed by atoms with E-state index >= 15 is 0 Å². The number of halogens is 1. The van der Waals surface area contributed by atoms with Gasteiger partial charge in [-0.2, -0.15) is 0 Å². The van der Waals surface area contributed by atoms with E-state index in [1.807, 2.05) is 42.5 Å². The van der Waals surface area contributed by atoms with E-state index in [-0.39, 0.29) is 5.63 Å². The third-order valence-electron chi connectivity index (χ3n) is 2.81. The SMILES string of the molecule is O=c1oc2ccccc2cc1-c1ccccc1Cl. The lowest BCUT2D eigenvalue weighted by atomic mass is 10.1. The van der Waals surface area contributed by atoms with Gasteiger partial charge in [-0.15, -0.1) is 0 Å². The fraction of sp³-hybridized carbons (Fsp3) is 0. The Bertz CT molecular complexity index is 775. The first kappa shape index (κ1) is 11.1. The molecule has 0 saturated heterocycles. The summed E-state index contributed by atoms with van der Waals surface area (Å²) in [5.41, 5.74) is 1.39. The summed E-state index contributed by atoms with van der Waals surface area (Å²) in [6.45, 7) is 0. The molecule has 1 heterocycles. The van der Waals surface area contributed by atoms with Crippen LogP contribution in [0.15, 0.2) is 63.8 Å². The van der Waals surface area contributed by atoms with Gasteiger partial charge in [0, 0.05) is 16.0 Å². The Kier molecular flexibility index (Phi) is 2.65. The molecule has 0 aliphatic heterocycles. The normalized spacial score (nSPS) is 10.7. The Morgan fingerprint density at radius 2 is 1.61 bits per heavy atom. The molecule has 3 rings (SSSR count). The van der Waals surface area contributed by atoms with E-state index in [4.69, 9.17) is 16.0 Å². The predicted molar refractivity (Wildman–Crippen MR) is 72.9 cm³/mol. The maximum Gasteiger partial charge on any atom is 0.344 e. The molecule has 0 spiro atoms. The van der Waals surface area contributed by atoms with Crippen LogP contribution >= 0.6 is 11.6 Å². The molecular weight excluding hydrogens is 248 g/mol. The van der Waals surface area contributed by atoms with Crippen molar-refractivity contribution >= 4 is 22.6 Å². The van der Waals surface area contributed by atoms with Crippen LogP contribution in [0.4, 0.5) is 0 Å².